The summed E-state index contributed by atoms with van der Waals surface area (Å²) in [5.74, 6) is 0. The number of hydrogen-bond donors (Lipinski definition) is 1. The molecule has 0 aliphatic carbocycles. The van der Waals surface area contributed by atoms with Gasteiger partial charge in [0.15, 0.2) is 3.01 Å². The predicted octanol–water partition coefficient (Wildman–Crippen LogP) is 1.55. The Morgan fingerprint density at radius 2 is 2.14 bits per heavy atom. The van der Waals surface area contributed by atoms with Crippen LogP contribution in [-0.4, -0.2) is 13.4 Å². The van der Waals surface area contributed by atoms with Crippen LogP contribution in [0.5, 0.6) is 0 Å². The lowest BCUT2D eigenvalue weighted by atomic mass is 10.3. The highest BCUT2D eigenvalue weighted by atomic mass is 127. The zero-order valence-electron chi connectivity index (χ0n) is 6.77. The summed E-state index contributed by atoms with van der Waals surface area (Å²) in [5.41, 5.74) is 0.798. The Bertz CT molecular complexity index is 591. The van der Waals surface area contributed by atoms with Crippen LogP contribution in [-0.2, 0) is 10.0 Å². The first kappa shape index (κ1) is 10.3. The van der Waals surface area contributed by atoms with E-state index in [2.05, 4.69) is 27.6 Å². The van der Waals surface area contributed by atoms with E-state index in [0.717, 1.165) is 13.2 Å². The maximum Gasteiger partial charge on any atom is 0.238 e. The molecule has 0 radical (unpaired) electrons. The molecule has 1 aromatic heterocycles. The fourth-order valence-corrected chi connectivity index (χ4v) is 3.37. The standard InChI is InChI=1S/C7H5IN2O2S2/c8-7-10-5-2-1-4(14(9,11)12)3-6(5)13-7/h1-3H,(H2,9,11,12). The third-order valence-electron chi connectivity index (χ3n) is 1.66. The van der Waals surface area contributed by atoms with Crippen molar-refractivity contribution < 1.29 is 8.42 Å². The molecule has 1 heterocycles. The number of nitrogens with two attached hydrogens (primary N) is 1. The highest BCUT2D eigenvalue weighted by Gasteiger charge is 2.09. The highest BCUT2D eigenvalue weighted by Crippen LogP contribution is 2.25. The van der Waals surface area contributed by atoms with Gasteiger partial charge in [0.05, 0.1) is 15.1 Å². The molecule has 0 atom stereocenters. The molecule has 0 saturated carbocycles. The van der Waals surface area contributed by atoms with Crippen LogP contribution in [0.4, 0.5) is 0 Å². The van der Waals surface area contributed by atoms with Crippen molar-refractivity contribution in [1.29, 1.82) is 0 Å². The van der Waals surface area contributed by atoms with E-state index in [1.165, 1.54) is 17.4 Å². The van der Waals surface area contributed by atoms with Crippen molar-refractivity contribution in [3.05, 3.63) is 21.2 Å². The van der Waals surface area contributed by atoms with Crippen LogP contribution in [0.15, 0.2) is 23.1 Å². The van der Waals surface area contributed by atoms with Crippen LogP contribution < -0.4 is 5.14 Å². The van der Waals surface area contributed by atoms with Gasteiger partial charge in [0.25, 0.3) is 0 Å². The fourth-order valence-electron chi connectivity index (χ4n) is 1.05. The van der Waals surface area contributed by atoms with E-state index < -0.39 is 10.0 Å². The van der Waals surface area contributed by atoms with Gasteiger partial charge in [0, 0.05) is 0 Å². The minimum absolute atomic E-state index is 0.130. The topological polar surface area (TPSA) is 73.1 Å². The Labute approximate surface area is 98.3 Å². The largest absolute Gasteiger partial charge is 0.238 e. The number of rotatable bonds is 1. The lowest BCUT2D eigenvalue weighted by Gasteiger charge is -1.95. The van der Waals surface area contributed by atoms with Gasteiger partial charge in [-0.25, -0.2) is 18.5 Å². The van der Waals surface area contributed by atoms with Gasteiger partial charge < -0.3 is 0 Å². The average Bonchev–Trinajstić information content (AvgIpc) is 2.41. The number of aromatic nitrogens is 1. The molecule has 2 N–H and O–H groups in total. The molecule has 0 bridgehead atoms. The number of hydrogen-bond acceptors (Lipinski definition) is 4. The van der Waals surface area contributed by atoms with E-state index >= 15 is 0 Å². The van der Waals surface area contributed by atoms with Crippen LogP contribution in [0, 0.1) is 3.01 Å². The van der Waals surface area contributed by atoms with Crippen LogP contribution in [0.2, 0.25) is 0 Å². The molecule has 0 saturated heterocycles. The number of benzene rings is 1. The Morgan fingerprint density at radius 1 is 1.43 bits per heavy atom. The first-order valence-corrected chi connectivity index (χ1v) is 7.00. The quantitative estimate of drug-likeness (QED) is 0.801. The van der Waals surface area contributed by atoms with Gasteiger partial charge in [-0.1, -0.05) is 0 Å². The number of sulfonamides is 1. The molecule has 0 fully saturated rings. The number of fused-ring (bicyclic) bond motifs is 1. The first-order valence-electron chi connectivity index (χ1n) is 3.56. The first-order chi connectivity index (χ1) is 6.47. The fraction of sp³-hybridized carbons (Fsp3) is 0. The summed E-state index contributed by atoms with van der Waals surface area (Å²) in [6.45, 7) is 0. The molecule has 7 heteroatoms. The van der Waals surface area contributed by atoms with E-state index in [4.69, 9.17) is 5.14 Å². The molecule has 1 aromatic carbocycles. The van der Waals surface area contributed by atoms with Gasteiger partial charge in [0.2, 0.25) is 10.0 Å². The summed E-state index contributed by atoms with van der Waals surface area (Å²) in [6, 6.07) is 4.67. The van der Waals surface area contributed by atoms with Crippen molar-refractivity contribution in [2.24, 2.45) is 5.14 Å². The molecule has 0 spiro atoms. The molecule has 14 heavy (non-hydrogen) atoms. The van der Waals surface area contributed by atoms with Crippen LogP contribution in [0.1, 0.15) is 0 Å². The molecule has 0 amide bonds. The second kappa shape index (κ2) is 3.40. The van der Waals surface area contributed by atoms with E-state index in [1.807, 2.05) is 0 Å². The van der Waals surface area contributed by atoms with Gasteiger partial charge >= 0.3 is 0 Å². The molecule has 4 nitrogen and oxygen atoms in total. The minimum atomic E-state index is -3.61. The molecule has 0 unspecified atom stereocenters. The summed E-state index contributed by atoms with van der Waals surface area (Å²) in [4.78, 5) is 4.34. The third-order valence-corrected chi connectivity index (χ3v) is 4.28. The molecule has 0 aliphatic heterocycles. The van der Waals surface area contributed by atoms with Crippen molar-refractivity contribution >= 4 is 54.2 Å². The number of nitrogens with zero attached hydrogens (tertiary/aromatic N) is 1. The molecule has 2 aromatic rings. The Kier molecular flexibility index (Phi) is 2.50. The Morgan fingerprint density at radius 3 is 2.79 bits per heavy atom. The lowest BCUT2D eigenvalue weighted by molar-refractivity contribution is 0.598. The van der Waals surface area contributed by atoms with Crippen molar-refractivity contribution in [1.82, 2.24) is 4.98 Å². The molecular weight excluding hydrogens is 335 g/mol. The molecule has 0 aliphatic rings. The summed E-state index contributed by atoms with van der Waals surface area (Å²) in [5, 5.41) is 5.01. The van der Waals surface area contributed by atoms with Crippen molar-refractivity contribution in [3.63, 3.8) is 0 Å². The van der Waals surface area contributed by atoms with Crippen LogP contribution in [0.3, 0.4) is 0 Å². The second-order valence-corrected chi connectivity index (χ2v) is 6.99. The third kappa shape index (κ3) is 1.90. The van der Waals surface area contributed by atoms with E-state index in [-0.39, 0.29) is 4.90 Å². The lowest BCUT2D eigenvalue weighted by Crippen LogP contribution is -2.11. The van der Waals surface area contributed by atoms with Crippen molar-refractivity contribution in [2.45, 2.75) is 4.90 Å². The number of thiazole rings is 1. The molecule has 74 valence electrons. The Balaban J connectivity index is 2.74. The monoisotopic (exact) mass is 340 g/mol. The van der Waals surface area contributed by atoms with Gasteiger partial charge in [-0.05, 0) is 40.8 Å². The molecular formula is C7H5IN2O2S2. The smallest absolute Gasteiger partial charge is 0.230 e. The average molecular weight is 340 g/mol. The molecule has 2 rings (SSSR count). The summed E-state index contributed by atoms with van der Waals surface area (Å²) in [7, 11) is -3.61. The Hall–Kier alpha value is -0.250. The maximum absolute atomic E-state index is 11.0. The van der Waals surface area contributed by atoms with Gasteiger partial charge in [-0.2, -0.15) is 0 Å². The zero-order chi connectivity index (χ0) is 10.3. The maximum atomic E-state index is 11.0. The zero-order valence-corrected chi connectivity index (χ0v) is 10.6. The SMILES string of the molecule is NS(=O)(=O)c1ccc2nc(I)sc2c1. The van der Waals surface area contributed by atoms with Gasteiger partial charge in [-0.3, -0.25) is 0 Å². The minimum Gasteiger partial charge on any atom is -0.230 e. The van der Waals surface area contributed by atoms with Crippen LogP contribution >= 0.6 is 33.9 Å². The second-order valence-electron chi connectivity index (χ2n) is 2.64. The van der Waals surface area contributed by atoms with Crippen molar-refractivity contribution in [2.75, 3.05) is 0 Å². The normalized spacial score (nSPS) is 12.1. The number of halogens is 1. The number of primary sulfonamides is 1. The summed E-state index contributed by atoms with van der Waals surface area (Å²) in [6.07, 6.45) is 0. The van der Waals surface area contributed by atoms with Gasteiger partial charge in [-0.15, -0.1) is 11.3 Å². The van der Waals surface area contributed by atoms with Gasteiger partial charge in [0.1, 0.15) is 0 Å². The van der Waals surface area contributed by atoms with Crippen LogP contribution in [0.25, 0.3) is 10.2 Å². The highest BCUT2D eigenvalue weighted by molar-refractivity contribution is 14.1. The van der Waals surface area contributed by atoms with Crippen molar-refractivity contribution in [3.8, 4) is 0 Å². The van der Waals surface area contributed by atoms with E-state index in [0.29, 0.717) is 0 Å². The summed E-state index contributed by atoms with van der Waals surface area (Å²) < 4.78 is 23.8. The van der Waals surface area contributed by atoms with E-state index in [1.54, 1.807) is 12.1 Å². The van der Waals surface area contributed by atoms with E-state index in [9.17, 15) is 8.42 Å². The summed E-state index contributed by atoms with van der Waals surface area (Å²) >= 11 is 3.53. The predicted molar refractivity (Wildman–Crippen MR) is 63.7 cm³/mol.